The normalized spacial score (nSPS) is 11.6. The van der Waals surface area contributed by atoms with Crippen molar-refractivity contribution in [1.82, 2.24) is 9.55 Å². The summed E-state index contributed by atoms with van der Waals surface area (Å²) in [5.41, 5.74) is 1.85. The minimum absolute atomic E-state index is 0.0807. The van der Waals surface area contributed by atoms with Gasteiger partial charge in [0, 0.05) is 30.3 Å². The quantitative estimate of drug-likeness (QED) is 0.338. The van der Waals surface area contributed by atoms with Crippen LogP contribution in [0.2, 0.25) is 0 Å². The van der Waals surface area contributed by atoms with Crippen LogP contribution in [0.5, 0.6) is 0 Å². The third-order valence-electron chi connectivity index (χ3n) is 4.51. The first-order chi connectivity index (χ1) is 18.5. The number of hydrogen-bond donors (Lipinski definition) is 2. The van der Waals surface area contributed by atoms with Crippen LogP contribution >= 0.6 is 0 Å². The van der Waals surface area contributed by atoms with E-state index >= 15 is 0 Å². The lowest BCUT2D eigenvalue weighted by molar-refractivity contribution is 0.0624. The highest BCUT2D eigenvalue weighted by atomic mass is 32.2. The minimum Gasteiger partial charge on any atom is -0.444 e. The van der Waals surface area contributed by atoms with Crippen LogP contribution in [0.15, 0.2) is 67.3 Å². The number of aromatic nitrogens is 2. The number of imidazole rings is 1. The van der Waals surface area contributed by atoms with Crippen molar-refractivity contribution in [1.29, 1.82) is 0 Å². The second-order valence-corrected chi connectivity index (χ2v) is 12.5. The number of rotatable bonds is 7. The fraction of sp³-hybridized carbons (Fsp3) is 0.393. The van der Waals surface area contributed by atoms with E-state index < -0.39 is 33.5 Å². The lowest BCUT2D eigenvalue weighted by Crippen LogP contribution is -2.27. The second kappa shape index (κ2) is 13.9. The van der Waals surface area contributed by atoms with E-state index in [0.717, 1.165) is 17.5 Å². The highest BCUT2D eigenvalue weighted by Gasteiger charge is 2.17. The lowest BCUT2D eigenvalue weighted by Gasteiger charge is -2.19. The van der Waals surface area contributed by atoms with Crippen LogP contribution in [0, 0.1) is 0 Å². The van der Waals surface area contributed by atoms with E-state index in [2.05, 4.69) is 19.8 Å². The molecule has 218 valence electrons. The summed E-state index contributed by atoms with van der Waals surface area (Å²) in [6.45, 7) is 11.4. The van der Waals surface area contributed by atoms with Gasteiger partial charge in [-0.1, -0.05) is 24.3 Å². The molecule has 0 aliphatic carbocycles. The number of nitrogens with one attached hydrogen (secondary N) is 2. The summed E-state index contributed by atoms with van der Waals surface area (Å²) < 4.78 is 38.8. The van der Waals surface area contributed by atoms with Crippen molar-refractivity contribution in [2.24, 2.45) is 0 Å². The maximum Gasteiger partial charge on any atom is 0.412 e. The van der Waals surface area contributed by atoms with E-state index in [1.54, 1.807) is 57.6 Å². The van der Waals surface area contributed by atoms with Gasteiger partial charge in [-0.15, -0.1) is 0 Å². The molecule has 2 amide bonds. The van der Waals surface area contributed by atoms with E-state index in [9.17, 15) is 18.0 Å². The van der Waals surface area contributed by atoms with Gasteiger partial charge in [-0.05, 0) is 76.9 Å². The van der Waals surface area contributed by atoms with Gasteiger partial charge < -0.3 is 14.0 Å². The van der Waals surface area contributed by atoms with E-state index in [-0.39, 0.29) is 6.61 Å². The molecule has 2 N–H and O–H groups in total. The van der Waals surface area contributed by atoms with Crippen molar-refractivity contribution >= 4 is 33.7 Å². The zero-order valence-corrected chi connectivity index (χ0v) is 24.7. The molecule has 0 fully saturated rings. The molecule has 0 saturated heterocycles. The number of carbonyl (C=O) groups excluding carboxylic acids is 2. The van der Waals surface area contributed by atoms with Crippen molar-refractivity contribution in [3.63, 3.8) is 0 Å². The monoisotopic (exact) mass is 574 g/mol. The van der Waals surface area contributed by atoms with Crippen molar-refractivity contribution in [2.45, 2.75) is 65.9 Å². The van der Waals surface area contributed by atoms with Crippen molar-refractivity contribution in [2.75, 3.05) is 16.9 Å². The number of hydrogen-bond acceptors (Lipinski definition) is 8. The fourth-order valence-electron chi connectivity index (χ4n) is 3.10. The van der Waals surface area contributed by atoms with Gasteiger partial charge in [0.15, 0.2) is 0 Å². The molecule has 40 heavy (non-hydrogen) atoms. The molecule has 3 rings (SSSR count). The van der Waals surface area contributed by atoms with E-state index in [1.165, 1.54) is 0 Å². The Labute approximate surface area is 236 Å². The van der Waals surface area contributed by atoms with Gasteiger partial charge in [-0.2, -0.15) is 8.42 Å². The second-order valence-electron chi connectivity index (χ2n) is 10.9. The molecule has 0 bridgehead atoms. The minimum atomic E-state index is -3.49. The number of anilines is 2. The summed E-state index contributed by atoms with van der Waals surface area (Å²) in [4.78, 5) is 27.3. The average molecular weight is 575 g/mol. The molecule has 0 aliphatic heterocycles. The molecule has 1 aromatic heterocycles. The topological polar surface area (TPSA) is 138 Å². The van der Waals surface area contributed by atoms with Crippen LogP contribution in [-0.4, -0.2) is 47.6 Å². The van der Waals surface area contributed by atoms with Crippen LogP contribution < -0.4 is 10.6 Å². The summed E-state index contributed by atoms with van der Waals surface area (Å²) in [5.74, 6) is 0. The SMILES string of the molecule is CC(C)(C)OC(=O)Nc1cccc(COS(C)(=O)=O)c1.CC(C)(C)OC(=O)Nc1cccc(Cn2ccnc2)c1. The predicted octanol–water partition coefficient (Wildman–Crippen LogP) is 5.79. The van der Waals surface area contributed by atoms with E-state index in [4.69, 9.17) is 9.47 Å². The Morgan fingerprint density at radius 3 is 1.80 bits per heavy atom. The smallest absolute Gasteiger partial charge is 0.412 e. The highest BCUT2D eigenvalue weighted by Crippen LogP contribution is 2.16. The third-order valence-corrected chi connectivity index (χ3v) is 5.05. The molecule has 0 spiro atoms. The molecule has 0 radical (unpaired) electrons. The van der Waals surface area contributed by atoms with E-state index in [1.807, 2.05) is 55.8 Å². The molecule has 0 aliphatic rings. The molecule has 0 unspecified atom stereocenters. The zero-order valence-electron chi connectivity index (χ0n) is 23.9. The molecule has 11 nitrogen and oxygen atoms in total. The van der Waals surface area contributed by atoms with Gasteiger partial charge >= 0.3 is 12.2 Å². The summed E-state index contributed by atoms with van der Waals surface area (Å²) >= 11 is 0. The zero-order chi connectivity index (χ0) is 30.0. The van der Waals surface area contributed by atoms with Crippen LogP contribution in [0.3, 0.4) is 0 Å². The average Bonchev–Trinajstić information content (AvgIpc) is 3.28. The maximum absolute atomic E-state index is 11.7. The number of benzene rings is 2. The van der Waals surface area contributed by atoms with Crippen molar-refractivity contribution < 1.29 is 31.7 Å². The Hall–Kier alpha value is -3.90. The van der Waals surface area contributed by atoms with Crippen molar-refractivity contribution in [3.8, 4) is 0 Å². The van der Waals surface area contributed by atoms with Crippen molar-refractivity contribution in [3.05, 3.63) is 78.4 Å². The maximum atomic E-state index is 11.7. The van der Waals surface area contributed by atoms with Gasteiger partial charge in [0.25, 0.3) is 10.1 Å². The van der Waals surface area contributed by atoms with Gasteiger partial charge in [-0.25, -0.2) is 14.6 Å². The van der Waals surface area contributed by atoms with Crippen LogP contribution in [0.1, 0.15) is 52.7 Å². The number of ether oxygens (including phenoxy) is 2. The van der Waals surface area contributed by atoms with Crippen LogP contribution in [-0.2, 0) is 36.9 Å². The first-order valence-corrected chi connectivity index (χ1v) is 14.3. The Morgan fingerprint density at radius 1 is 0.850 bits per heavy atom. The summed E-state index contributed by atoms with van der Waals surface area (Å²) in [5, 5.41) is 5.30. The Balaban J connectivity index is 0.000000280. The lowest BCUT2D eigenvalue weighted by atomic mass is 10.2. The third kappa shape index (κ3) is 14.3. The number of nitrogens with zero attached hydrogens (tertiary/aromatic N) is 2. The van der Waals surface area contributed by atoms with Gasteiger partial charge in [-0.3, -0.25) is 14.8 Å². The summed E-state index contributed by atoms with van der Waals surface area (Å²) in [6, 6.07) is 14.3. The van der Waals surface area contributed by atoms with E-state index in [0.29, 0.717) is 17.8 Å². The summed E-state index contributed by atoms with van der Waals surface area (Å²) in [6.07, 6.45) is 5.36. The molecular formula is C28H38N4O7S. The van der Waals surface area contributed by atoms with Crippen LogP contribution in [0.4, 0.5) is 21.0 Å². The molecule has 2 aromatic carbocycles. The molecule has 0 saturated carbocycles. The molecule has 12 heteroatoms. The van der Waals surface area contributed by atoms with Gasteiger partial charge in [0.05, 0.1) is 19.2 Å². The predicted molar refractivity (Wildman–Crippen MR) is 154 cm³/mol. The first kappa shape index (κ1) is 32.3. The van der Waals surface area contributed by atoms with Crippen LogP contribution in [0.25, 0.3) is 0 Å². The summed E-state index contributed by atoms with van der Waals surface area (Å²) in [7, 11) is -3.49. The Bertz CT molecular complexity index is 1360. The molecular weight excluding hydrogens is 536 g/mol. The molecule has 0 atom stereocenters. The number of carbonyl (C=O) groups is 2. The number of amides is 2. The standard InChI is InChI=1S/C15H19N3O2.C13H19NO5S/c1-15(2,3)20-14(19)17-13-6-4-5-12(9-13)10-18-8-7-16-11-18;1-13(2,3)19-12(15)14-11-7-5-6-10(8-11)9-18-20(4,16)17/h4-9,11H,10H2,1-3H3,(H,17,19);5-8H,9H2,1-4H3,(H,14,15). The molecule has 1 heterocycles. The largest absolute Gasteiger partial charge is 0.444 e. The highest BCUT2D eigenvalue weighted by molar-refractivity contribution is 7.85. The molecule has 3 aromatic rings. The fourth-order valence-corrected chi connectivity index (χ4v) is 3.45. The first-order valence-electron chi connectivity index (χ1n) is 12.5. The Morgan fingerprint density at radius 2 is 1.35 bits per heavy atom. The van der Waals surface area contributed by atoms with Gasteiger partial charge in [0.1, 0.15) is 11.2 Å². The van der Waals surface area contributed by atoms with Gasteiger partial charge in [0.2, 0.25) is 0 Å². The Kier molecular flexibility index (Phi) is 11.3.